The summed E-state index contributed by atoms with van der Waals surface area (Å²) in [5.74, 6) is -0.405. The van der Waals surface area contributed by atoms with Crippen molar-refractivity contribution in [2.24, 2.45) is 5.92 Å². The quantitative estimate of drug-likeness (QED) is 0.781. The van der Waals surface area contributed by atoms with E-state index >= 15 is 0 Å². The van der Waals surface area contributed by atoms with Gasteiger partial charge in [-0.25, -0.2) is 4.79 Å². The fourth-order valence-corrected chi connectivity index (χ4v) is 1.98. The van der Waals surface area contributed by atoms with Crippen LogP contribution in [0.25, 0.3) is 0 Å². The molecule has 0 aliphatic carbocycles. The summed E-state index contributed by atoms with van der Waals surface area (Å²) in [6.07, 6.45) is 1.44. The van der Waals surface area contributed by atoms with Gasteiger partial charge >= 0.3 is 5.97 Å². The largest absolute Gasteiger partial charge is 0.475 e. The van der Waals surface area contributed by atoms with Gasteiger partial charge in [0.1, 0.15) is 0 Å². The van der Waals surface area contributed by atoms with E-state index < -0.39 is 5.97 Å². The van der Waals surface area contributed by atoms with E-state index in [0.717, 1.165) is 25.2 Å². The van der Waals surface area contributed by atoms with Gasteiger partial charge in [-0.15, -0.1) is 0 Å². The minimum Gasteiger partial charge on any atom is -0.475 e. The Bertz CT molecular complexity index is 399. The number of hydrogen-bond donors (Lipinski definition) is 1. The molecular weight excluding hydrogens is 244 g/mol. The first kappa shape index (κ1) is 15.7. The number of nitrogens with zero attached hydrogens (tertiary/aromatic N) is 2. The highest BCUT2D eigenvalue weighted by atomic mass is 16.4. The highest BCUT2D eigenvalue weighted by Crippen LogP contribution is 2.14. The third kappa shape index (κ3) is 5.44. The summed E-state index contributed by atoms with van der Waals surface area (Å²) in [5, 5.41) is 9.05. The molecule has 5 nitrogen and oxygen atoms in total. The molecule has 1 aromatic rings. The molecule has 1 heterocycles. The van der Waals surface area contributed by atoms with Crippen molar-refractivity contribution in [3.05, 3.63) is 23.7 Å². The number of rotatable bonds is 8. The van der Waals surface area contributed by atoms with E-state index in [1.54, 1.807) is 6.07 Å². The molecule has 108 valence electrons. The molecule has 0 unspecified atom stereocenters. The Kier molecular flexibility index (Phi) is 6.05. The third-order valence-corrected chi connectivity index (χ3v) is 2.82. The Balaban J connectivity index is 2.69. The van der Waals surface area contributed by atoms with Gasteiger partial charge in [-0.05, 0) is 26.1 Å². The number of carbonyl (C=O) groups is 1. The van der Waals surface area contributed by atoms with E-state index in [9.17, 15) is 4.79 Å². The molecule has 0 aromatic carbocycles. The Morgan fingerprint density at radius 1 is 1.37 bits per heavy atom. The van der Waals surface area contributed by atoms with E-state index in [1.165, 1.54) is 6.26 Å². The monoisotopic (exact) mass is 268 g/mol. The molecule has 0 aliphatic heterocycles. The van der Waals surface area contributed by atoms with Gasteiger partial charge in [0.2, 0.25) is 5.76 Å². The first-order chi connectivity index (χ1) is 8.90. The van der Waals surface area contributed by atoms with Gasteiger partial charge in [0, 0.05) is 31.7 Å². The van der Waals surface area contributed by atoms with Crippen LogP contribution in [-0.4, -0.2) is 54.6 Å². The second-order valence-corrected chi connectivity index (χ2v) is 5.51. The summed E-state index contributed by atoms with van der Waals surface area (Å²) < 4.78 is 5.02. The third-order valence-electron chi connectivity index (χ3n) is 2.82. The normalized spacial score (nSPS) is 11.7. The summed E-state index contributed by atoms with van der Waals surface area (Å²) in [6.45, 7) is 7.75. The van der Waals surface area contributed by atoms with Crippen LogP contribution in [0.1, 0.15) is 30.0 Å². The molecule has 0 fully saturated rings. The Morgan fingerprint density at radius 3 is 2.58 bits per heavy atom. The maximum absolute atomic E-state index is 11.0. The number of carboxylic acids is 1. The molecule has 0 saturated carbocycles. The van der Waals surface area contributed by atoms with E-state index in [2.05, 4.69) is 23.6 Å². The number of carboxylic acid groups (broad SMARTS) is 1. The van der Waals surface area contributed by atoms with Gasteiger partial charge in [-0.2, -0.15) is 0 Å². The lowest BCUT2D eigenvalue weighted by Crippen LogP contribution is -2.34. The molecule has 0 amide bonds. The molecular formula is C14H24N2O3. The van der Waals surface area contributed by atoms with Crippen LogP contribution in [-0.2, 0) is 6.54 Å². The van der Waals surface area contributed by atoms with Crippen molar-refractivity contribution in [1.29, 1.82) is 0 Å². The maximum Gasteiger partial charge on any atom is 0.372 e. The van der Waals surface area contributed by atoms with Crippen LogP contribution in [0.5, 0.6) is 0 Å². The topological polar surface area (TPSA) is 56.9 Å². The average Bonchev–Trinajstić information content (AvgIpc) is 2.73. The highest BCUT2D eigenvalue weighted by Gasteiger charge is 2.17. The smallest absolute Gasteiger partial charge is 0.372 e. The maximum atomic E-state index is 11.0. The zero-order chi connectivity index (χ0) is 14.4. The second-order valence-electron chi connectivity index (χ2n) is 5.51. The first-order valence-electron chi connectivity index (χ1n) is 6.57. The van der Waals surface area contributed by atoms with Crippen molar-refractivity contribution in [2.45, 2.75) is 20.4 Å². The Hall–Kier alpha value is -1.33. The molecule has 0 saturated heterocycles. The van der Waals surface area contributed by atoms with E-state index in [1.807, 2.05) is 14.1 Å². The Labute approximate surface area is 114 Å². The predicted octanol–water partition coefficient (Wildman–Crippen LogP) is 2.00. The summed E-state index contributed by atoms with van der Waals surface area (Å²) >= 11 is 0. The molecule has 0 radical (unpaired) electrons. The summed E-state index contributed by atoms with van der Waals surface area (Å²) in [5.41, 5.74) is 0.743. The molecule has 0 bridgehead atoms. The zero-order valence-corrected chi connectivity index (χ0v) is 12.2. The van der Waals surface area contributed by atoms with Gasteiger partial charge in [0.05, 0.1) is 6.26 Å². The number of aromatic carboxylic acids is 1. The molecule has 1 rings (SSSR count). The molecule has 5 heteroatoms. The second kappa shape index (κ2) is 7.31. The van der Waals surface area contributed by atoms with E-state index in [-0.39, 0.29) is 5.76 Å². The standard InChI is InChI=1S/C14H24N2O3/c1-11(2)9-16(7-6-15(3)4)10-12-5-8-19-13(12)14(17)18/h5,8,11H,6-7,9-10H2,1-4H3,(H,17,18). The van der Waals surface area contributed by atoms with Gasteiger partial charge < -0.3 is 14.4 Å². The van der Waals surface area contributed by atoms with Gasteiger partial charge in [-0.3, -0.25) is 4.90 Å². The molecule has 1 aromatic heterocycles. The summed E-state index contributed by atoms with van der Waals surface area (Å²) in [7, 11) is 4.07. The molecule has 0 atom stereocenters. The summed E-state index contributed by atoms with van der Waals surface area (Å²) in [4.78, 5) is 15.4. The van der Waals surface area contributed by atoms with Crippen molar-refractivity contribution in [3.8, 4) is 0 Å². The van der Waals surface area contributed by atoms with Crippen LogP contribution in [0.3, 0.4) is 0 Å². The minimum absolute atomic E-state index is 0.0543. The van der Waals surface area contributed by atoms with Crippen LogP contribution in [0.4, 0.5) is 0 Å². The van der Waals surface area contributed by atoms with Crippen molar-refractivity contribution in [3.63, 3.8) is 0 Å². The van der Waals surface area contributed by atoms with Gasteiger partial charge in [-0.1, -0.05) is 13.8 Å². The molecule has 1 N–H and O–H groups in total. The van der Waals surface area contributed by atoms with Crippen LogP contribution in [0.15, 0.2) is 16.7 Å². The Morgan fingerprint density at radius 2 is 2.05 bits per heavy atom. The number of likely N-dealkylation sites (N-methyl/N-ethyl adjacent to an activating group) is 1. The first-order valence-corrected chi connectivity index (χ1v) is 6.57. The molecule has 19 heavy (non-hydrogen) atoms. The van der Waals surface area contributed by atoms with Crippen LogP contribution in [0, 0.1) is 5.92 Å². The fourth-order valence-electron chi connectivity index (χ4n) is 1.98. The predicted molar refractivity (Wildman–Crippen MR) is 74.3 cm³/mol. The molecule has 0 aliphatic rings. The van der Waals surface area contributed by atoms with Crippen molar-refractivity contribution < 1.29 is 14.3 Å². The van der Waals surface area contributed by atoms with Crippen molar-refractivity contribution in [1.82, 2.24) is 9.80 Å². The van der Waals surface area contributed by atoms with E-state index in [0.29, 0.717) is 12.5 Å². The fraction of sp³-hybridized carbons (Fsp3) is 0.643. The van der Waals surface area contributed by atoms with Crippen LogP contribution < -0.4 is 0 Å². The van der Waals surface area contributed by atoms with Gasteiger partial charge in [0.25, 0.3) is 0 Å². The SMILES string of the molecule is CC(C)CN(CCN(C)C)Cc1ccoc1C(=O)O. The average molecular weight is 268 g/mol. The van der Waals surface area contributed by atoms with Crippen LogP contribution in [0.2, 0.25) is 0 Å². The zero-order valence-electron chi connectivity index (χ0n) is 12.2. The minimum atomic E-state index is -1.00. The number of hydrogen-bond acceptors (Lipinski definition) is 4. The van der Waals surface area contributed by atoms with E-state index in [4.69, 9.17) is 9.52 Å². The summed E-state index contributed by atoms with van der Waals surface area (Å²) in [6, 6.07) is 1.74. The lowest BCUT2D eigenvalue weighted by Gasteiger charge is -2.25. The van der Waals surface area contributed by atoms with Crippen molar-refractivity contribution >= 4 is 5.97 Å². The van der Waals surface area contributed by atoms with Gasteiger partial charge in [0.15, 0.2) is 0 Å². The number of furan rings is 1. The van der Waals surface area contributed by atoms with Crippen LogP contribution >= 0.6 is 0 Å². The van der Waals surface area contributed by atoms with Crippen molar-refractivity contribution in [2.75, 3.05) is 33.7 Å². The lowest BCUT2D eigenvalue weighted by molar-refractivity contribution is 0.0658. The molecule has 0 spiro atoms. The highest BCUT2D eigenvalue weighted by molar-refractivity contribution is 5.86. The lowest BCUT2D eigenvalue weighted by atomic mass is 10.1.